The van der Waals surface area contributed by atoms with Crippen molar-refractivity contribution in [1.29, 1.82) is 0 Å². The van der Waals surface area contributed by atoms with Gasteiger partial charge in [0.05, 0.1) is 5.69 Å². The molecule has 6 nitrogen and oxygen atoms in total. The molecule has 0 saturated carbocycles. The Morgan fingerprint density at radius 2 is 1.50 bits per heavy atom. The van der Waals surface area contributed by atoms with Crippen LogP contribution in [0.15, 0.2) is 91.1 Å². The van der Waals surface area contributed by atoms with Crippen molar-refractivity contribution < 1.29 is 19.4 Å². The van der Waals surface area contributed by atoms with Crippen LogP contribution in [0.5, 0.6) is 0 Å². The van der Waals surface area contributed by atoms with Gasteiger partial charge in [-0.2, -0.15) is 0 Å². The molecule has 1 amide bonds. The van der Waals surface area contributed by atoms with Crippen molar-refractivity contribution in [2.24, 2.45) is 0 Å². The Morgan fingerprint density at radius 1 is 0.889 bits per heavy atom. The number of hydrogen-bond acceptors (Lipinski definition) is 4. The second-order valence-electron chi connectivity index (χ2n) is 8.93. The molecule has 0 spiro atoms. The Hall–Kier alpha value is -4.45. The molecule has 0 bridgehead atoms. The predicted octanol–water partition coefficient (Wildman–Crippen LogP) is 5.59. The van der Waals surface area contributed by atoms with Crippen LogP contribution in [0.25, 0.3) is 22.4 Å². The molecule has 1 aromatic heterocycles. The van der Waals surface area contributed by atoms with Crippen LogP contribution in [0, 0.1) is 6.92 Å². The average Bonchev–Trinajstić information content (AvgIpc) is 3.21. The van der Waals surface area contributed by atoms with Gasteiger partial charge in [0, 0.05) is 24.1 Å². The van der Waals surface area contributed by atoms with Crippen LogP contribution in [0.3, 0.4) is 0 Å². The van der Waals surface area contributed by atoms with Crippen molar-refractivity contribution in [2.75, 3.05) is 6.61 Å². The van der Waals surface area contributed by atoms with Gasteiger partial charge in [0.2, 0.25) is 0 Å². The van der Waals surface area contributed by atoms with Crippen molar-refractivity contribution in [3.63, 3.8) is 0 Å². The van der Waals surface area contributed by atoms with E-state index >= 15 is 0 Å². The Labute approximate surface area is 209 Å². The molecule has 6 heteroatoms. The third kappa shape index (κ3) is 4.70. The van der Waals surface area contributed by atoms with Gasteiger partial charge in [0.15, 0.2) is 0 Å². The minimum Gasteiger partial charge on any atom is -0.480 e. The summed E-state index contributed by atoms with van der Waals surface area (Å²) >= 11 is 0. The quantitative estimate of drug-likeness (QED) is 0.361. The molecule has 2 N–H and O–H groups in total. The molecule has 1 aliphatic carbocycles. The molecule has 0 fully saturated rings. The van der Waals surface area contributed by atoms with E-state index in [0.29, 0.717) is 5.56 Å². The molecule has 1 heterocycles. The highest BCUT2D eigenvalue weighted by Crippen LogP contribution is 2.44. The number of aromatic nitrogens is 1. The highest BCUT2D eigenvalue weighted by Gasteiger charge is 2.29. The molecule has 0 saturated heterocycles. The molecule has 1 atom stereocenters. The van der Waals surface area contributed by atoms with Crippen LogP contribution < -0.4 is 5.32 Å². The smallest absolute Gasteiger partial charge is 0.407 e. The van der Waals surface area contributed by atoms with Gasteiger partial charge in [0.25, 0.3) is 0 Å². The molecule has 0 aliphatic heterocycles. The van der Waals surface area contributed by atoms with Gasteiger partial charge in [0.1, 0.15) is 12.6 Å². The first-order valence-corrected chi connectivity index (χ1v) is 11.9. The number of aliphatic carboxylic acids is 1. The van der Waals surface area contributed by atoms with Gasteiger partial charge in [-0.3, -0.25) is 4.98 Å². The summed E-state index contributed by atoms with van der Waals surface area (Å²) in [6.07, 6.45) is 0.992. The Kier molecular flexibility index (Phi) is 6.50. The van der Waals surface area contributed by atoms with E-state index in [-0.39, 0.29) is 18.9 Å². The van der Waals surface area contributed by atoms with Crippen LogP contribution in [-0.2, 0) is 16.0 Å². The van der Waals surface area contributed by atoms with Crippen LogP contribution in [0.4, 0.5) is 4.79 Å². The fourth-order valence-electron chi connectivity index (χ4n) is 4.78. The number of carbonyl (C=O) groups excluding carboxylic acids is 1. The van der Waals surface area contributed by atoms with Crippen molar-refractivity contribution in [1.82, 2.24) is 10.3 Å². The summed E-state index contributed by atoms with van der Waals surface area (Å²) in [5.74, 6) is -1.23. The average molecular weight is 479 g/mol. The maximum Gasteiger partial charge on any atom is 0.407 e. The molecule has 3 aromatic carbocycles. The summed E-state index contributed by atoms with van der Waals surface area (Å²) in [6.45, 7) is 2.14. The number of nitrogens with one attached hydrogen (secondary N) is 1. The number of pyridine rings is 1. The lowest BCUT2D eigenvalue weighted by Crippen LogP contribution is -2.42. The second kappa shape index (κ2) is 10.0. The lowest BCUT2D eigenvalue weighted by Gasteiger charge is -2.17. The molecule has 36 heavy (non-hydrogen) atoms. The first kappa shape index (κ1) is 23.3. The van der Waals surface area contributed by atoms with Crippen LogP contribution in [-0.4, -0.2) is 34.8 Å². The SMILES string of the molecule is Cc1ccccc1-c1ccc(C[C@@H](NC(=O)OCC2c3ccccc3-c3ccccc32)C(=O)O)cn1. The van der Waals surface area contributed by atoms with Gasteiger partial charge in [-0.15, -0.1) is 0 Å². The predicted molar refractivity (Wildman–Crippen MR) is 138 cm³/mol. The molecule has 180 valence electrons. The lowest BCUT2D eigenvalue weighted by molar-refractivity contribution is -0.139. The lowest BCUT2D eigenvalue weighted by atomic mass is 9.98. The molecule has 0 radical (unpaired) electrons. The fourth-order valence-corrected chi connectivity index (χ4v) is 4.78. The van der Waals surface area contributed by atoms with E-state index in [0.717, 1.165) is 39.1 Å². The molecule has 0 unspecified atom stereocenters. The highest BCUT2D eigenvalue weighted by molar-refractivity contribution is 5.81. The zero-order chi connectivity index (χ0) is 25.1. The van der Waals surface area contributed by atoms with E-state index in [1.54, 1.807) is 6.20 Å². The number of hydrogen-bond donors (Lipinski definition) is 2. The van der Waals surface area contributed by atoms with Gasteiger partial charge in [-0.25, -0.2) is 9.59 Å². The Morgan fingerprint density at radius 3 is 2.08 bits per heavy atom. The number of benzene rings is 3. The van der Waals surface area contributed by atoms with E-state index < -0.39 is 18.1 Å². The summed E-state index contributed by atoms with van der Waals surface area (Å²) in [5, 5.41) is 12.2. The normalized spacial score (nSPS) is 12.9. The Balaban J connectivity index is 1.23. The summed E-state index contributed by atoms with van der Waals surface area (Å²) in [7, 11) is 0. The van der Waals surface area contributed by atoms with E-state index in [1.807, 2.05) is 79.7 Å². The van der Waals surface area contributed by atoms with Crippen molar-refractivity contribution >= 4 is 12.1 Å². The fraction of sp³-hybridized carbons (Fsp3) is 0.167. The van der Waals surface area contributed by atoms with E-state index in [1.165, 1.54) is 0 Å². The summed E-state index contributed by atoms with van der Waals surface area (Å²) in [6, 6.07) is 26.6. The highest BCUT2D eigenvalue weighted by atomic mass is 16.5. The molecular weight excluding hydrogens is 452 g/mol. The number of fused-ring (bicyclic) bond motifs is 3. The zero-order valence-electron chi connectivity index (χ0n) is 19.8. The van der Waals surface area contributed by atoms with Crippen LogP contribution >= 0.6 is 0 Å². The summed E-state index contributed by atoms with van der Waals surface area (Å²) in [5.41, 5.74) is 8.11. The van der Waals surface area contributed by atoms with Crippen molar-refractivity contribution in [2.45, 2.75) is 25.3 Å². The number of rotatable bonds is 7. The molecular formula is C30H26N2O4. The van der Waals surface area contributed by atoms with Gasteiger partial charge in [-0.1, -0.05) is 78.9 Å². The minimum absolute atomic E-state index is 0.0929. The number of carboxylic acid groups (broad SMARTS) is 1. The summed E-state index contributed by atoms with van der Waals surface area (Å²) < 4.78 is 5.52. The number of alkyl carbamates (subject to hydrolysis) is 1. The summed E-state index contributed by atoms with van der Waals surface area (Å²) in [4.78, 5) is 29.0. The van der Waals surface area contributed by atoms with Gasteiger partial charge < -0.3 is 15.2 Å². The van der Waals surface area contributed by atoms with Crippen molar-refractivity contribution in [3.8, 4) is 22.4 Å². The molecule has 1 aliphatic rings. The molecule has 5 rings (SSSR count). The zero-order valence-corrected chi connectivity index (χ0v) is 19.8. The van der Waals surface area contributed by atoms with Crippen LogP contribution in [0.1, 0.15) is 28.2 Å². The van der Waals surface area contributed by atoms with Gasteiger partial charge in [-0.05, 0) is 46.4 Å². The molecule has 4 aromatic rings. The minimum atomic E-state index is -1.13. The first-order valence-electron chi connectivity index (χ1n) is 11.9. The standard InChI is InChI=1S/C30H26N2O4/c1-19-8-2-3-9-21(19)27-15-14-20(17-31-27)16-28(29(33)34)32-30(35)36-18-26-24-12-6-4-10-22(24)23-11-5-7-13-25(23)26/h2-15,17,26,28H,16,18H2,1H3,(H,32,35)(H,33,34)/t28-/m1/s1. The van der Waals surface area contributed by atoms with E-state index in [9.17, 15) is 14.7 Å². The largest absolute Gasteiger partial charge is 0.480 e. The number of ether oxygens (including phenoxy) is 1. The number of carbonyl (C=O) groups is 2. The first-order chi connectivity index (χ1) is 17.5. The number of amides is 1. The van der Waals surface area contributed by atoms with Crippen molar-refractivity contribution in [3.05, 3.63) is 113 Å². The second-order valence-corrected chi connectivity index (χ2v) is 8.93. The van der Waals surface area contributed by atoms with E-state index in [4.69, 9.17) is 4.74 Å². The number of nitrogens with zero attached hydrogens (tertiary/aromatic N) is 1. The topological polar surface area (TPSA) is 88.5 Å². The monoisotopic (exact) mass is 478 g/mol. The third-order valence-electron chi connectivity index (χ3n) is 6.62. The Bertz CT molecular complexity index is 1370. The number of aryl methyl sites for hydroxylation is 1. The maximum atomic E-state index is 12.6. The maximum absolute atomic E-state index is 12.6. The van der Waals surface area contributed by atoms with Crippen LogP contribution in [0.2, 0.25) is 0 Å². The third-order valence-corrected chi connectivity index (χ3v) is 6.62. The van der Waals surface area contributed by atoms with Gasteiger partial charge >= 0.3 is 12.1 Å². The number of carboxylic acids is 1. The van der Waals surface area contributed by atoms with E-state index in [2.05, 4.69) is 22.4 Å².